The van der Waals surface area contributed by atoms with Crippen LogP contribution in [0.2, 0.25) is 0 Å². The van der Waals surface area contributed by atoms with E-state index in [0.717, 1.165) is 43.4 Å². The molecule has 1 spiro atoms. The molecule has 2 fully saturated rings. The molecule has 0 radical (unpaired) electrons. The van der Waals surface area contributed by atoms with Crippen molar-refractivity contribution in [2.45, 2.75) is 41.8 Å². The highest BCUT2D eigenvalue weighted by molar-refractivity contribution is 8.00. The lowest BCUT2D eigenvalue weighted by atomic mass is 9.93. The van der Waals surface area contributed by atoms with Crippen molar-refractivity contribution in [1.29, 1.82) is 0 Å². The summed E-state index contributed by atoms with van der Waals surface area (Å²) in [6.45, 7) is 2.57. The number of nitrogens with one attached hydrogen (secondary N) is 1. The molecule has 20 heavy (non-hydrogen) atoms. The third-order valence-corrected chi connectivity index (χ3v) is 6.32. The third-order valence-electron chi connectivity index (χ3n) is 3.86. The third kappa shape index (κ3) is 3.29. The Kier molecular flexibility index (Phi) is 4.85. The van der Waals surface area contributed by atoms with Gasteiger partial charge in [-0.25, -0.2) is 4.68 Å². The number of hydrogen-bond donors (Lipinski definition) is 1. The van der Waals surface area contributed by atoms with E-state index >= 15 is 0 Å². The highest BCUT2D eigenvalue weighted by atomic mass is 32.2. The summed E-state index contributed by atoms with van der Waals surface area (Å²) in [5.41, 5.74) is 0.129. The number of likely N-dealkylation sites (N-methyl/N-ethyl adjacent to an activating group) is 1. The van der Waals surface area contributed by atoms with Crippen LogP contribution in [0.1, 0.15) is 19.3 Å². The minimum Gasteiger partial charge on any atom is -0.374 e. The first-order chi connectivity index (χ1) is 9.81. The minimum absolute atomic E-state index is 0.129. The fourth-order valence-electron chi connectivity index (χ4n) is 2.73. The summed E-state index contributed by atoms with van der Waals surface area (Å²) in [6, 6.07) is 0. The van der Waals surface area contributed by atoms with Crippen molar-refractivity contribution in [2.24, 2.45) is 0 Å². The molecule has 0 amide bonds. The zero-order valence-corrected chi connectivity index (χ0v) is 13.4. The standard InChI is InChI=1S/C12H21N5OS2/c1-13-4-5-17-11(14-15-16-17)20-10-2-6-18-12(8-10)3-7-19-9-12/h10,13H,2-9H2,1H3. The molecular formula is C12H21N5OS2. The van der Waals surface area contributed by atoms with Gasteiger partial charge in [-0.2, -0.15) is 11.8 Å². The molecule has 1 aromatic rings. The molecule has 3 heterocycles. The first kappa shape index (κ1) is 14.6. The second-order valence-electron chi connectivity index (χ2n) is 5.35. The monoisotopic (exact) mass is 315 g/mol. The van der Waals surface area contributed by atoms with Gasteiger partial charge in [0.05, 0.1) is 12.1 Å². The lowest BCUT2D eigenvalue weighted by molar-refractivity contribution is -0.0562. The summed E-state index contributed by atoms with van der Waals surface area (Å²) >= 11 is 3.83. The lowest BCUT2D eigenvalue weighted by Crippen LogP contribution is -2.41. The fraction of sp³-hybridized carbons (Fsp3) is 0.917. The van der Waals surface area contributed by atoms with Gasteiger partial charge in [0.1, 0.15) is 0 Å². The van der Waals surface area contributed by atoms with Gasteiger partial charge in [-0.05, 0) is 42.5 Å². The molecule has 3 rings (SSSR count). The zero-order chi connectivity index (χ0) is 13.8. The molecule has 2 saturated heterocycles. The maximum atomic E-state index is 6.07. The highest BCUT2D eigenvalue weighted by Crippen LogP contribution is 2.42. The number of rotatable bonds is 5. The molecule has 0 aromatic carbocycles. The van der Waals surface area contributed by atoms with E-state index < -0.39 is 0 Å². The van der Waals surface area contributed by atoms with Gasteiger partial charge in [0, 0.05) is 24.2 Å². The van der Waals surface area contributed by atoms with E-state index in [1.54, 1.807) is 0 Å². The molecule has 8 heteroatoms. The van der Waals surface area contributed by atoms with E-state index in [-0.39, 0.29) is 5.60 Å². The van der Waals surface area contributed by atoms with Crippen molar-refractivity contribution in [1.82, 2.24) is 25.5 Å². The van der Waals surface area contributed by atoms with Gasteiger partial charge in [0.2, 0.25) is 5.16 Å². The summed E-state index contributed by atoms with van der Waals surface area (Å²) in [5, 5.41) is 16.7. The van der Waals surface area contributed by atoms with Crippen molar-refractivity contribution in [3.63, 3.8) is 0 Å². The zero-order valence-electron chi connectivity index (χ0n) is 11.7. The van der Waals surface area contributed by atoms with Crippen molar-refractivity contribution < 1.29 is 4.74 Å². The molecule has 2 unspecified atom stereocenters. The molecule has 2 aliphatic rings. The highest BCUT2D eigenvalue weighted by Gasteiger charge is 2.41. The molecule has 1 aromatic heterocycles. The van der Waals surface area contributed by atoms with E-state index in [1.807, 2.05) is 35.3 Å². The Labute approximate surface area is 127 Å². The summed E-state index contributed by atoms with van der Waals surface area (Å²) in [4.78, 5) is 0. The quantitative estimate of drug-likeness (QED) is 0.871. The largest absolute Gasteiger partial charge is 0.374 e. The maximum Gasteiger partial charge on any atom is 0.209 e. The average Bonchev–Trinajstić information content (AvgIpc) is 3.07. The Morgan fingerprint density at radius 3 is 3.35 bits per heavy atom. The SMILES string of the molecule is CNCCn1nnnc1SC1CCOC2(CCSC2)C1. The van der Waals surface area contributed by atoms with Crippen molar-refractivity contribution in [2.75, 3.05) is 31.7 Å². The second kappa shape index (κ2) is 6.64. The molecule has 2 aliphatic heterocycles. The Bertz CT molecular complexity index is 435. The van der Waals surface area contributed by atoms with E-state index in [1.165, 1.54) is 12.2 Å². The van der Waals surface area contributed by atoms with Gasteiger partial charge in [-0.1, -0.05) is 11.8 Å². The molecule has 0 saturated carbocycles. The average molecular weight is 315 g/mol. The van der Waals surface area contributed by atoms with Crippen LogP contribution < -0.4 is 5.32 Å². The van der Waals surface area contributed by atoms with Crippen LogP contribution >= 0.6 is 23.5 Å². The number of hydrogen-bond acceptors (Lipinski definition) is 7. The Morgan fingerprint density at radius 2 is 2.55 bits per heavy atom. The molecule has 0 aliphatic carbocycles. The topological polar surface area (TPSA) is 64.9 Å². The summed E-state index contributed by atoms with van der Waals surface area (Å²) in [6.07, 6.45) is 3.42. The van der Waals surface area contributed by atoms with Crippen LogP contribution in [0.15, 0.2) is 5.16 Å². The van der Waals surface area contributed by atoms with Crippen molar-refractivity contribution >= 4 is 23.5 Å². The number of thioether (sulfide) groups is 2. The summed E-state index contributed by atoms with van der Waals surface area (Å²) in [5.74, 6) is 2.38. The van der Waals surface area contributed by atoms with Crippen LogP contribution in [-0.4, -0.2) is 62.8 Å². The number of aromatic nitrogens is 4. The van der Waals surface area contributed by atoms with Gasteiger partial charge >= 0.3 is 0 Å². The molecule has 1 N–H and O–H groups in total. The van der Waals surface area contributed by atoms with E-state index in [4.69, 9.17) is 4.74 Å². The number of tetrazole rings is 1. The molecular weight excluding hydrogens is 294 g/mol. The lowest BCUT2D eigenvalue weighted by Gasteiger charge is -2.37. The van der Waals surface area contributed by atoms with Crippen LogP contribution in [-0.2, 0) is 11.3 Å². The van der Waals surface area contributed by atoms with E-state index in [0.29, 0.717) is 5.25 Å². The number of nitrogens with zero attached hydrogens (tertiary/aromatic N) is 4. The second-order valence-corrected chi connectivity index (χ2v) is 7.73. The molecule has 2 atom stereocenters. The number of ether oxygens (including phenoxy) is 1. The Hall–Kier alpha value is -0.310. The predicted molar refractivity (Wildman–Crippen MR) is 81.2 cm³/mol. The maximum absolute atomic E-state index is 6.07. The van der Waals surface area contributed by atoms with Crippen molar-refractivity contribution in [3.8, 4) is 0 Å². The van der Waals surface area contributed by atoms with E-state index in [9.17, 15) is 0 Å². The van der Waals surface area contributed by atoms with Gasteiger partial charge in [0.25, 0.3) is 0 Å². The Balaban J connectivity index is 1.61. The van der Waals surface area contributed by atoms with Crippen LogP contribution in [0.4, 0.5) is 0 Å². The summed E-state index contributed by atoms with van der Waals surface area (Å²) < 4.78 is 7.96. The fourth-order valence-corrected chi connectivity index (χ4v) is 5.35. The van der Waals surface area contributed by atoms with Crippen LogP contribution in [0, 0.1) is 0 Å². The van der Waals surface area contributed by atoms with E-state index in [2.05, 4.69) is 20.8 Å². The first-order valence-electron chi connectivity index (χ1n) is 7.10. The van der Waals surface area contributed by atoms with Crippen LogP contribution in [0.5, 0.6) is 0 Å². The first-order valence-corrected chi connectivity index (χ1v) is 9.14. The summed E-state index contributed by atoms with van der Waals surface area (Å²) in [7, 11) is 1.94. The molecule has 112 valence electrons. The Morgan fingerprint density at radius 1 is 1.60 bits per heavy atom. The van der Waals surface area contributed by atoms with Crippen LogP contribution in [0.3, 0.4) is 0 Å². The predicted octanol–water partition coefficient (Wildman–Crippen LogP) is 1.04. The molecule has 0 bridgehead atoms. The van der Waals surface area contributed by atoms with Gasteiger partial charge in [-0.15, -0.1) is 5.10 Å². The van der Waals surface area contributed by atoms with Crippen LogP contribution in [0.25, 0.3) is 0 Å². The normalized spacial score (nSPS) is 30.1. The molecule has 6 nitrogen and oxygen atoms in total. The van der Waals surface area contributed by atoms with Gasteiger partial charge < -0.3 is 10.1 Å². The van der Waals surface area contributed by atoms with Crippen molar-refractivity contribution in [3.05, 3.63) is 0 Å². The smallest absolute Gasteiger partial charge is 0.209 e. The van der Waals surface area contributed by atoms with Gasteiger partial charge in [0.15, 0.2) is 0 Å². The van der Waals surface area contributed by atoms with Gasteiger partial charge in [-0.3, -0.25) is 0 Å². The minimum atomic E-state index is 0.129.